The minimum atomic E-state index is -0.271. The van der Waals surface area contributed by atoms with Gasteiger partial charge in [0.2, 0.25) is 5.91 Å². The maximum absolute atomic E-state index is 13.1. The quantitative estimate of drug-likeness (QED) is 0.652. The van der Waals surface area contributed by atoms with Crippen LogP contribution in [-0.2, 0) is 11.2 Å². The second kappa shape index (κ2) is 8.52. The van der Waals surface area contributed by atoms with Crippen LogP contribution in [0.1, 0.15) is 25.0 Å². The summed E-state index contributed by atoms with van der Waals surface area (Å²) < 4.78 is 13.1. The molecule has 2 heterocycles. The van der Waals surface area contributed by atoms with Crippen LogP contribution < -0.4 is 10.2 Å². The Morgan fingerprint density at radius 3 is 2.61 bits per heavy atom. The van der Waals surface area contributed by atoms with Crippen molar-refractivity contribution in [3.8, 4) is 10.6 Å². The summed E-state index contributed by atoms with van der Waals surface area (Å²) in [6.07, 6.45) is 3.86. The monoisotopic (exact) mass is 395 g/mol. The Labute approximate surface area is 168 Å². The molecule has 0 saturated carbocycles. The van der Waals surface area contributed by atoms with Crippen LogP contribution in [0.25, 0.3) is 10.6 Å². The number of carbonyl (C=O) groups is 1. The number of piperidine rings is 1. The van der Waals surface area contributed by atoms with Crippen molar-refractivity contribution in [3.63, 3.8) is 0 Å². The van der Waals surface area contributed by atoms with E-state index in [1.165, 1.54) is 42.7 Å². The molecule has 1 fully saturated rings. The van der Waals surface area contributed by atoms with E-state index < -0.39 is 0 Å². The number of nitrogens with one attached hydrogen (secondary N) is 1. The number of rotatable bonds is 5. The van der Waals surface area contributed by atoms with E-state index in [4.69, 9.17) is 0 Å². The Bertz CT molecular complexity index is 948. The fraction of sp³-hybridized carbons (Fsp3) is 0.273. The Hall–Kier alpha value is -2.73. The number of thiazole rings is 1. The molecule has 2 aromatic carbocycles. The van der Waals surface area contributed by atoms with Gasteiger partial charge in [-0.25, -0.2) is 9.37 Å². The minimum absolute atomic E-state index is 0.0829. The summed E-state index contributed by atoms with van der Waals surface area (Å²) in [5.41, 5.74) is 3.51. The first-order valence-electron chi connectivity index (χ1n) is 9.53. The van der Waals surface area contributed by atoms with E-state index in [9.17, 15) is 9.18 Å². The van der Waals surface area contributed by atoms with Gasteiger partial charge < -0.3 is 10.2 Å². The van der Waals surface area contributed by atoms with Crippen molar-refractivity contribution in [3.05, 3.63) is 65.4 Å². The number of halogens is 1. The van der Waals surface area contributed by atoms with E-state index >= 15 is 0 Å². The van der Waals surface area contributed by atoms with E-state index in [2.05, 4.69) is 21.3 Å². The standard InChI is InChI=1S/C22H22FN3OS/c23-17-10-8-16(9-11-17)22-24-18(15-28-22)14-21(27)25-19-6-2-3-7-20(19)26-12-4-1-5-13-26/h2-3,6-11,15H,1,4-5,12-14H2,(H,25,27). The first-order valence-corrected chi connectivity index (χ1v) is 10.4. The number of carbonyl (C=O) groups excluding carboxylic acids is 1. The van der Waals surface area contributed by atoms with E-state index in [1.807, 2.05) is 23.6 Å². The van der Waals surface area contributed by atoms with Crippen molar-refractivity contribution in [1.82, 2.24) is 4.98 Å². The molecule has 0 atom stereocenters. The molecular formula is C22H22FN3OS. The van der Waals surface area contributed by atoms with Gasteiger partial charge in [-0.05, 0) is 55.7 Å². The van der Waals surface area contributed by atoms with Crippen LogP contribution in [0, 0.1) is 5.82 Å². The van der Waals surface area contributed by atoms with Crippen LogP contribution in [-0.4, -0.2) is 24.0 Å². The third-order valence-electron chi connectivity index (χ3n) is 4.86. The molecule has 0 unspecified atom stereocenters. The largest absolute Gasteiger partial charge is 0.370 e. The average molecular weight is 396 g/mol. The van der Waals surface area contributed by atoms with Gasteiger partial charge in [0.1, 0.15) is 10.8 Å². The van der Waals surface area contributed by atoms with Crippen molar-refractivity contribution in [2.45, 2.75) is 25.7 Å². The number of benzene rings is 2. The first-order chi connectivity index (χ1) is 13.7. The second-order valence-electron chi connectivity index (χ2n) is 6.94. The van der Waals surface area contributed by atoms with Gasteiger partial charge in [-0.15, -0.1) is 11.3 Å². The zero-order chi connectivity index (χ0) is 19.3. The number of hydrogen-bond acceptors (Lipinski definition) is 4. The molecular weight excluding hydrogens is 373 g/mol. The molecule has 4 nitrogen and oxygen atoms in total. The fourth-order valence-corrected chi connectivity index (χ4v) is 4.29. The third kappa shape index (κ3) is 4.39. The molecule has 144 valence electrons. The lowest BCUT2D eigenvalue weighted by Crippen LogP contribution is -2.30. The molecule has 6 heteroatoms. The Balaban J connectivity index is 1.43. The summed E-state index contributed by atoms with van der Waals surface area (Å²) in [4.78, 5) is 19.5. The van der Waals surface area contributed by atoms with Crippen LogP contribution in [0.4, 0.5) is 15.8 Å². The normalized spacial score (nSPS) is 14.1. The fourth-order valence-electron chi connectivity index (χ4n) is 3.46. The molecule has 0 radical (unpaired) electrons. The Morgan fingerprint density at radius 1 is 1.07 bits per heavy atom. The van der Waals surface area contributed by atoms with E-state index in [1.54, 1.807) is 12.1 Å². The van der Waals surface area contributed by atoms with Gasteiger partial charge >= 0.3 is 0 Å². The molecule has 1 aliphatic rings. The summed E-state index contributed by atoms with van der Waals surface area (Å²) in [6, 6.07) is 14.2. The predicted molar refractivity (Wildman–Crippen MR) is 112 cm³/mol. The Morgan fingerprint density at radius 2 is 1.82 bits per heavy atom. The summed E-state index contributed by atoms with van der Waals surface area (Å²) in [5, 5.41) is 5.72. The van der Waals surface area contributed by atoms with E-state index in [0.717, 1.165) is 40.7 Å². The molecule has 3 aromatic rings. The van der Waals surface area contributed by atoms with Gasteiger partial charge in [-0.1, -0.05) is 12.1 Å². The molecule has 0 aliphatic carbocycles. The van der Waals surface area contributed by atoms with Crippen LogP contribution in [0.5, 0.6) is 0 Å². The van der Waals surface area contributed by atoms with Crippen LogP contribution in [0.15, 0.2) is 53.9 Å². The number of para-hydroxylation sites is 2. The summed E-state index contributed by atoms with van der Waals surface area (Å²) >= 11 is 1.46. The Kier molecular flexibility index (Phi) is 5.67. The number of nitrogens with zero attached hydrogens (tertiary/aromatic N) is 2. The molecule has 1 amide bonds. The van der Waals surface area contributed by atoms with Gasteiger partial charge in [-0.3, -0.25) is 4.79 Å². The molecule has 28 heavy (non-hydrogen) atoms. The second-order valence-corrected chi connectivity index (χ2v) is 7.80. The molecule has 1 saturated heterocycles. The van der Waals surface area contributed by atoms with Crippen molar-refractivity contribution in [2.24, 2.45) is 0 Å². The van der Waals surface area contributed by atoms with Gasteiger partial charge in [0, 0.05) is 24.0 Å². The highest BCUT2D eigenvalue weighted by Crippen LogP contribution is 2.29. The van der Waals surface area contributed by atoms with Crippen LogP contribution >= 0.6 is 11.3 Å². The van der Waals surface area contributed by atoms with Crippen LogP contribution in [0.2, 0.25) is 0 Å². The maximum atomic E-state index is 13.1. The van der Waals surface area contributed by atoms with E-state index in [-0.39, 0.29) is 18.1 Å². The topological polar surface area (TPSA) is 45.2 Å². The van der Waals surface area contributed by atoms with Gasteiger partial charge in [0.05, 0.1) is 23.5 Å². The maximum Gasteiger partial charge on any atom is 0.230 e. The highest BCUT2D eigenvalue weighted by molar-refractivity contribution is 7.13. The van der Waals surface area contributed by atoms with Crippen molar-refractivity contribution in [1.29, 1.82) is 0 Å². The lowest BCUT2D eigenvalue weighted by Gasteiger charge is -2.30. The highest BCUT2D eigenvalue weighted by Gasteiger charge is 2.16. The predicted octanol–water partition coefficient (Wildman–Crippen LogP) is 5.12. The average Bonchev–Trinajstić information content (AvgIpc) is 3.18. The van der Waals surface area contributed by atoms with Gasteiger partial charge in [-0.2, -0.15) is 0 Å². The molecule has 1 aromatic heterocycles. The van der Waals surface area contributed by atoms with Crippen molar-refractivity contribution in [2.75, 3.05) is 23.3 Å². The summed E-state index contributed by atoms with van der Waals surface area (Å²) in [5.74, 6) is -0.354. The van der Waals surface area contributed by atoms with Gasteiger partial charge in [0.25, 0.3) is 0 Å². The number of amides is 1. The molecule has 0 spiro atoms. The first kappa shape index (κ1) is 18.6. The number of aromatic nitrogens is 1. The molecule has 1 N–H and O–H groups in total. The number of anilines is 2. The van der Waals surface area contributed by atoms with Crippen molar-refractivity contribution >= 4 is 28.6 Å². The van der Waals surface area contributed by atoms with Gasteiger partial charge in [0.15, 0.2) is 0 Å². The molecule has 4 rings (SSSR count). The van der Waals surface area contributed by atoms with Crippen molar-refractivity contribution < 1.29 is 9.18 Å². The molecule has 0 bridgehead atoms. The third-order valence-corrected chi connectivity index (χ3v) is 5.80. The van der Waals surface area contributed by atoms with Crippen LogP contribution in [0.3, 0.4) is 0 Å². The SMILES string of the molecule is O=C(Cc1csc(-c2ccc(F)cc2)n1)Nc1ccccc1N1CCCCC1. The van der Waals surface area contributed by atoms with E-state index in [0.29, 0.717) is 0 Å². The number of hydrogen-bond donors (Lipinski definition) is 1. The lowest BCUT2D eigenvalue weighted by molar-refractivity contribution is -0.115. The smallest absolute Gasteiger partial charge is 0.230 e. The zero-order valence-corrected chi connectivity index (χ0v) is 16.3. The summed E-state index contributed by atoms with van der Waals surface area (Å²) in [7, 11) is 0. The zero-order valence-electron chi connectivity index (χ0n) is 15.5. The highest BCUT2D eigenvalue weighted by atomic mass is 32.1. The lowest BCUT2D eigenvalue weighted by atomic mass is 10.1. The minimum Gasteiger partial charge on any atom is -0.370 e. The molecule has 1 aliphatic heterocycles. The summed E-state index contributed by atoms with van der Waals surface area (Å²) in [6.45, 7) is 2.06.